The third-order valence-electron chi connectivity index (χ3n) is 5.97. The summed E-state index contributed by atoms with van der Waals surface area (Å²) < 4.78 is 7.61. The van der Waals surface area contributed by atoms with Gasteiger partial charge in [-0.15, -0.1) is 0 Å². The number of nitrogens with zero attached hydrogens (tertiary/aromatic N) is 4. The van der Waals surface area contributed by atoms with E-state index in [9.17, 15) is 4.79 Å². The van der Waals surface area contributed by atoms with Crippen molar-refractivity contribution in [3.05, 3.63) is 54.6 Å². The van der Waals surface area contributed by atoms with Gasteiger partial charge in [-0.1, -0.05) is 18.2 Å². The van der Waals surface area contributed by atoms with Crippen molar-refractivity contribution in [1.82, 2.24) is 24.8 Å². The Bertz CT molecular complexity index is 988. The van der Waals surface area contributed by atoms with Crippen LogP contribution in [0.4, 0.5) is 0 Å². The molecular formula is C21H23N5O2. The number of nitrogens with one attached hydrogen (secondary N) is 1. The van der Waals surface area contributed by atoms with Crippen LogP contribution in [0.3, 0.4) is 0 Å². The normalized spacial score (nSPS) is 25.0. The summed E-state index contributed by atoms with van der Waals surface area (Å²) in [5.41, 5.74) is 1.61. The molecule has 5 rings (SSSR count). The molecule has 1 aromatic carbocycles. The first-order valence-electron chi connectivity index (χ1n) is 9.67. The number of morpholine rings is 1. The highest BCUT2D eigenvalue weighted by Crippen LogP contribution is 2.28. The molecule has 0 saturated carbocycles. The van der Waals surface area contributed by atoms with Gasteiger partial charge in [0.2, 0.25) is 0 Å². The van der Waals surface area contributed by atoms with Crippen LogP contribution in [0.25, 0.3) is 16.7 Å². The SMILES string of the molecule is CN1[C@@H]2COC[C@H]1CC(NC(=O)c1cn(-c3cnccn3)c3ccccc13)C2. The van der Waals surface area contributed by atoms with Gasteiger partial charge in [0.1, 0.15) is 0 Å². The molecule has 2 aliphatic rings. The van der Waals surface area contributed by atoms with E-state index in [1.807, 2.05) is 35.0 Å². The summed E-state index contributed by atoms with van der Waals surface area (Å²) in [5, 5.41) is 4.19. The van der Waals surface area contributed by atoms with Crippen molar-refractivity contribution in [2.24, 2.45) is 0 Å². The highest BCUT2D eigenvalue weighted by molar-refractivity contribution is 6.07. The summed E-state index contributed by atoms with van der Waals surface area (Å²) >= 11 is 0. The number of amides is 1. The zero-order valence-electron chi connectivity index (χ0n) is 15.8. The first-order chi connectivity index (χ1) is 13.7. The number of fused-ring (bicyclic) bond motifs is 3. The molecule has 7 nitrogen and oxygen atoms in total. The number of piperidine rings is 1. The third-order valence-corrected chi connectivity index (χ3v) is 5.97. The molecule has 0 spiro atoms. The summed E-state index contributed by atoms with van der Waals surface area (Å²) in [6.45, 7) is 1.48. The van der Waals surface area contributed by atoms with Gasteiger partial charge in [0.25, 0.3) is 5.91 Å². The van der Waals surface area contributed by atoms with E-state index in [-0.39, 0.29) is 11.9 Å². The largest absolute Gasteiger partial charge is 0.378 e. The van der Waals surface area contributed by atoms with Crippen LogP contribution in [-0.2, 0) is 4.74 Å². The van der Waals surface area contributed by atoms with Crippen LogP contribution >= 0.6 is 0 Å². The smallest absolute Gasteiger partial charge is 0.253 e. The van der Waals surface area contributed by atoms with E-state index in [2.05, 4.69) is 27.2 Å². The Kier molecular flexibility index (Phi) is 4.33. The van der Waals surface area contributed by atoms with Gasteiger partial charge in [-0.3, -0.25) is 19.2 Å². The Balaban J connectivity index is 1.44. The van der Waals surface area contributed by atoms with Gasteiger partial charge in [0, 0.05) is 42.1 Å². The standard InChI is InChI=1S/C21H23N5O2/c1-25-15-8-14(9-16(25)13-28-12-15)24-21(27)18-11-26(20-10-22-6-7-23-20)19-5-3-2-4-17(18)19/h2-7,10-11,14-16H,8-9,12-13H2,1H3,(H,24,27)/t14?,15-,16+. The monoisotopic (exact) mass is 377 g/mol. The predicted molar refractivity (Wildman–Crippen MR) is 106 cm³/mol. The summed E-state index contributed by atoms with van der Waals surface area (Å²) in [6, 6.07) is 8.82. The average molecular weight is 377 g/mol. The lowest BCUT2D eigenvalue weighted by atomic mass is 9.90. The minimum atomic E-state index is -0.0348. The number of hydrogen-bond donors (Lipinski definition) is 1. The fourth-order valence-corrected chi connectivity index (χ4v) is 4.44. The Morgan fingerprint density at radius 1 is 1.18 bits per heavy atom. The number of para-hydroxylation sites is 1. The molecule has 1 unspecified atom stereocenters. The Morgan fingerprint density at radius 3 is 2.71 bits per heavy atom. The number of ether oxygens (including phenoxy) is 1. The van der Waals surface area contributed by atoms with E-state index in [1.54, 1.807) is 18.6 Å². The molecule has 7 heteroatoms. The lowest BCUT2D eigenvalue weighted by molar-refractivity contribution is -0.0670. The van der Waals surface area contributed by atoms with Crippen molar-refractivity contribution in [3.63, 3.8) is 0 Å². The third kappa shape index (κ3) is 2.96. The van der Waals surface area contributed by atoms with Crippen LogP contribution in [0.15, 0.2) is 49.1 Å². The molecule has 3 aromatic rings. The van der Waals surface area contributed by atoms with Gasteiger partial charge in [0.15, 0.2) is 5.82 Å². The van der Waals surface area contributed by atoms with Gasteiger partial charge >= 0.3 is 0 Å². The number of aromatic nitrogens is 3. The van der Waals surface area contributed by atoms with Crippen molar-refractivity contribution in [2.75, 3.05) is 20.3 Å². The molecule has 0 radical (unpaired) electrons. The number of benzene rings is 1. The summed E-state index contributed by atoms with van der Waals surface area (Å²) in [6.07, 6.45) is 8.70. The predicted octanol–water partition coefficient (Wildman–Crippen LogP) is 2.01. The second-order valence-electron chi connectivity index (χ2n) is 7.65. The number of carbonyl (C=O) groups excluding carboxylic acids is 1. The van der Waals surface area contributed by atoms with Crippen molar-refractivity contribution in [1.29, 1.82) is 0 Å². The van der Waals surface area contributed by atoms with Gasteiger partial charge in [-0.2, -0.15) is 0 Å². The highest BCUT2D eigenvalue weighted by atomic mass is 16.5. The van der Waals surface area contributed by atoms with E-state index >= 15 is 0 Å². The summed E-state index contributed by atoms with van der Waals surface area (Å²) in [5.74, 6) is 0.663. The molecule has 2 saturated heterocycles. The number of likely N-dealkylation sites (N-methyl/N-ethyl adjacent to an activating group) is 1. The van der Waals surface area contributed by atoms with E-state index in [0.29, 0.717) is 23.5 Å². The molecule has 2 fully saturated rings. The van der Waals surface area contributed by atoms with Gasteiger partial charge in [0.05, 0.1) is 30.5 Å². The molecule has 28 heavy (non-hydrogen) atoms. The Morgan fingerprint density at radius 2 is 1.96 bits per heavy atom. The van der Waals surface area contributed by atoms with E-state index < -0.39 is 0 Å². The average Bonchev–Trinajstić information content (AvgIpc) is 3.09. The molecule has 2 bridgehead atoms. The fourth-order valence-electron chi connectivity index (χ4n) is 4.44. The van der Waals surface area contributed by atoms with Crippen LogP contribution in [0.5, 0.6) is 0 Å². The molecule has 0 aliphatic carbocycles. The molecule has 3 atom stereocenters. The molecule has 2 aromatic heterocycles. The first kappa shape index (κ1) is 17.3. The summed E-state index contributed by atoms with van der Waals surface area (Å²) in [4.78, 5) is 24.1. The topological polar surface area (TPSA) is 72.3 Å². The molecule has 4 heterocycles. The molecular weight excluding hydrogens is 354 g/mol. The van der Waals surface area contributed by atoms with Crippen LogP contribution in [0.1, 0.15) is 23.2 Å². The van der Waals surface area contributed by atoms with Crippen molar-refractivity contribution >= 4 is 16.8 Å². The quantitative estimate of drug-likeness (QED) is 0.756. The van der Waals surface area contributed by atoms with E-state index in [0.717, 1.165) is 37.0 Å². The van der Waals surface area contributed by atoms with Crippen molar-refractivity contribution in [2.45, 2.75) is 31.0 Å². The van der Waals surface area contributed by atoms with Crippen molar-refractivity contribution in [3.8, 4) is 5.82 Å². The molecule has 2 aliphatic heterocycles. The number of carbonyl (C=O) groups is 1. The maximum absolute atomic E-state index is 13.2. The van der Waals surface area contributed by atoms with E-state index in [4.69, 9.17) is 4.74 Å². The number of rotatable bonds is 3. The minimum absolute atomic E-state index is 0.0348. The van der Waals surface area contributed by atoms with Crippen LogP contribution in [0, 0.1) is 0 Å². The van der Waals surface area contributed by atoms with Crippen LogP contribution in [-0.4, -0.2) is 63.7 Å². The second kappa shape index (κ2) is 7.00. The lowest BCUT2D eigenvalue weighted by Gasteiger charge is -2.46. The van der Waals surface area contributed by atoms with Crippen LogP contribution in [0.2, 0.25) is 0 Å². The summed E-state index contributed by atoms with van der Waals surface area (Å²) in [7, 11) is 2.16. The Hall–Kier alpha value is -2.77. The molecule has 1 N–H and O–H groups in total. The lowest BCUT2D eigenvalue weighted by Crippen LogP contribution is -2.59. The zero-order chi connectivity index (χ0) is 19.1. The first-order valence-corrected chi connectivity index (χ1v) is 9.67. The maximum Gasteiger partial charge on any atom is 0.253 e. The van der Waals surface area contributed by atoms with Gasteiger partial charge < -0.3 is 10.1 Å². The minimum Gasteiger partial charge on any atom is -0.378 e. The highest BCUT2D eigenvalue weighted by Gasteiger charge is 2.37. The Labute approximate surface area is 163 Å². The molecule has 144 valence electrons. The van der Waals surface area contributed by atoms with E-state index in [1.165, 1.54) is 0 Å². The van der Waals surface area contributed by atoms with Gasteiger partial charge in [-0.25, -0.2) is 4.98 Å². The zero-order valence-corrected chi connectivity index (χ0v) is 15.8. The van der Waals surface area contributed by atoms with Crippen molar-refractivity contribution < 1.29 is 9.53 Å². The number of hydrogen-bond acceptors (Lipinski definition) is 5. The van der Waals surface area contributed by atoms with Gasteiger partial charge in [-0.05, 0) is 26.0 Å². The maximum atomic E-state index is 13.2. The molecule has 1 amide bonds. The fraction of sp³-hybridized carbons (Fsp3) is 0.381. The van der Waals surface area contributed by atoms with Crippen LogP contribution < -0.4 is 5.32 Å². The second-order valence-corrected chi connectivity index (χ2v) is 7.65.